The number of aliphatic carboxylic acids is 1. The number of pyridine rings is 3. The summed E-state index contributed by atoms with van der Waals surface area (Å²) in [4.78, 5) is 47.2. The Morgan fingerprint density at radius 2 is 1.66 bits per heavy atom. The first-order chi connectivity index (χ1) is 19.8. The van der Waals surface area contributed by atoms with Crippen molar-refractivity contribution >= 4 is 22.8 Å². The van der Waals surface area contributed by atoms with Crippen molar-refractivity contribution in [2.75, 3.05) is 6.54 Å². The summed E-state index contributed by atoms with van der Waals surface area (Å²) < 4.78 is 1.60. The van der Waals surface area contributed by atoms with Crippen LogP contribution in [-0.4, -0.2) is 43.2 Å². The van der Waals surface area contributed by atoms with E-state index in [1.54, 1.807) is 35.9 Å². The van der Waals surface area contributed by atoms with Gasteiger partial charge in [-0.2, -0.15) is 0 Å². The minimum absolute atomic E-state index is 0.138. The minimum atomic E-state index is -1.07. The molecule has 3 heterocycles. The van der Waals surface area contributed by atoms with Gasteiger partial charge in [-0.3, -0.25) is 19.4 Å². The number of amides is 1. The predicted octanol–water partition coefficient (Wildman–Crippen LogP) is 4.59. The molecule has 5 aromatic rings. The van der Waals surface area contributed by atoms with Crippen LogP contribution in [0.25, 0.3) is 33.3 Å². The summed E-state index contributed by atoms with van der Waals surface area (Å²) in [7, 11) is 0. The molecule has 0 saturated carbocycles. The molecule has 0 atom stereocenters. The summed E-state index contributed by atoms with van der Waals surface area (Å²) in [6.45, 7) is 1.95. The van der Waals surface area contributed by atoms with E-state index >= 15 is 0 Å². The van der Waals surface area contributed by atoms with E-state index < -0.39 is 17.6 Å². The van der Waals surface area contributed by atoms with Gasteiger partial charge < -0.3 is 20.1 Å². The first-order valence-corrected chi connectivity index (χ1v) is 13.2. The number of aryl methyl sites for hydroxylation is 3. The average molecular weight is 549 g/mol. The summed E-state index contributed by atoms with van der Waals surface area (Å²) >= 11 is 0. The minimum Gasteiger partial charge on any atom is -0.505 e. The molecule has 0 unspecified atom stereocenters. The van der Waals surface area contributed by atoms with Gasteiger partial charge in [-0.1, -0.05) is 60.7 Å². The van der Waals surface area contributed by atoms with Crippen LogP contribution < -0.4 is 10.9 Å². The molecule has 2 aromatic carbocycles. The van der Waals surface area contributed by atoms with E-state index in [-0.39, 0.29) is 36.1 Å². The van der Waals surface area contributed by atoms with Gasteiger partial charge in [-0.05, 0) is 42.7 Å². The van der Waals surface area contributed by atoms with Gasteiger partial charge in [-0.25, -0.2) is 4.98 Å². The molecule has 3 aromatic heterocycles. The number of carbonyl (C=O) groups excluding carboxylic acids is 1. The first-order valence-electron chi connectivity index (χ1n) is 13.2. The lowest BCUT2D eigenvalue weighted by molar-refractivity contribution is -0.136. The van der Waals surface area contributed by atoms with Gasteiger partial charge >= 0.3 is 5.97 Å². The zero-order valence-electron chi connectivity index (χ0n) is 22.4. The van der Waals surface area contributed by atoms with Crippen molar-refractivity contribution in [3.05, 3.63) is 112 Å². The Hall–Kier alpha value is -5.31. The largest absolute Gasteiger partial charge is 0.505 e. The van der Waals surface area contributed by atoms with Gasteiger partial charge in [0, 0.05) is 41.5 Å². The van der Waals surface area contributed by atoms with E-state index in [0.29, 0.717) is 40.0 Å². The van der Waals surface area contributed by atoms with E-state index in [1.807, 2.05) is 60.7 Å². The zero-order chi connectivity index (χ0) is 28.9. The maximum atomic E-state index is 14.1. The van der Waals surface area contributed by atoms with Crippen LogP contribution in [0.1, 0.15) is 28.2 Å². The summed E-state index contributed by atoms with van der Waals surface area (Å²) in [6, 6.07) is 24.0. The highest BCUT2D eigenvalue weighted by molar-refractivity contribution is 6.06. The molecular weight excluding hydrogens is 520 g/mol. The van der Waals surface area contributed by atoms with Crippen LogP contribution in [0.15, 0.2) is 89.9 Å². The molecule has 0 bridgehead atoms. The molecule has 0 fully saturated rings. The van der Waals surface area contributed by atoms with Crippen LogP contribution >= 0.6 is 0 Å². The fourth-order valence-corrected chi connectivity index (χ4v) is 4.82. The Bertz CT molecular complexity index is 1800. The quantitative estimate of drug-likeness (QED) is 0.245. The molecule has 0 saturated heterocycles. The Labute approximate surface area is 235 Å². The summed E-state index contributed by atoms with van der Waals surface area (Å²) in [5, 5.41) is 23.3. The van der Waals surface area contributed by atoms with Crippen LogP contribution in [0.2, 0.25) is 0 Å². The summed E-state index contributed by atoms with van der Waals surface area (Å²) in [5.41, 5.74) is 3.43. The van der Waals surface area contributed by atoms with Gasteiger partial charge in [0.15, 0.2) is 11.4 Å². The highest BCUT2D eigenvalue weighted by Gasteiger charge is 2.25. The number of hydrogen-bond donors (Lipinski definition) is 3. The van der Waals surface area contributed by atoms with Gasteiger partial charge in [0.2, 0.25) is 0 Å². The van der Waals surface area contributed by atoms with Crippen molar-refractivity contribution in [2.45, 2.75) is 26.3 Å². The van der Waals surface area contributed by atoms with E-state index in [9.17, 15) is 19.5 Å². The topological polar surface area (TPSA) is 134 Å². The fourth-order valence-electron chi connectivity index (χ4n) is 4.82. The summed E-state index contributed by atoms with van der Waals surface area (Å²) in [5.74, 6) is -2.19. The van der Waals surface area contributed by atoms with Gasteiger partial charge in [0.25, 0.3) is 11.5 Å². The molecular formula is C32H28N4O5. The number of carbonyl (C=O) groups is 2. The molecule has 0 aliphatic carbocycles. The number of rotatable bonds is 9. The SMILES string of the molecule is Cc1ncccc1-c1nc(C(=O)NCCC(=O)O)c(O)c2cc(-c3ccccc3)c(=O)n(CCc3ccccc3)c12. The van der Waals surface area contributed by atoms with E-state index in [2.05, 4.69) is 15.3 Å². The van der Waals surface area contributed by atoms with Gasteiger partial charge in [-0.15, -0.1) is 0 Å². The average Bonchev–Trinajstić information content (AvgIpc) is 2.98. The Morgan fingerprint density at radius 3 is 2.34 bits per heavy atom. The standard InChI is InChI=1S/C32H28N4O5/c1-20-23(13-8-16-33-20)27-29-25(30(39)28(35-27)31(40)34-17-14-26(37)38)19-24(22-11-6-3-7-12-22)32(41)36(29)18-15-21-9-4-2-5-10-21/h2-13,16,19,39H,14-15,17-18H2,1H3,(H,34,40)(H,37,38). The first kappa shape index (κ1) is 27.3. The molecule has 9 heteroatoms. The molecule has 0 aliphatic heterocycles. The lowest BCUT2D eigenvalue weighted by Crippen LogP contribution is -2.28. The summed E-state index contributed by atoms with van der Waals surface area (Å²) in [6.07, 6.45) is 1.89. The number of carboxylic acids is 1. The highest BCUT2D eigenvalue weighted by Crippen LogP contribution is 2.37. The lowest BCUT2D eigenvalue weighted by atomic mass is 10.00. The van der Waals surface area contributed by atoms with Gasteiger partial charge in [0.05, 0.1) is 17.6 Å². The second-order valence-corrected chi connectivity index (χ2v) is 9.57. The molecule has 0 aliphatic rings. The fraction of sp³-hybridized carbons (Fsp3) is 0.156. The van der Waals surface area contributed by atoms with Crippen molar-refractivity contribution in [3.63, 3.8) is 0 Å². The maximum Gasteiger partial charge on any atom is 0.305 e. The number of aromatic hydroxyl groups is 1. The molecule has 206 valence electrons. The number of aromatic nitrogens is 3. The van der Waals surface area contributed by atoms with Gasteiger partial charge in [0.1, 0.15) is 0 Å². The second-order valence-electron chi connectivity index (χ2n) is 9.57. The van der Waals surface area contributed by atoms with Crippen LogP contribution in [-0.2, 0) is 17.8 Å². The van der Waals surface area contributed by atoms with Crippen LogP contribution in [0, 0.1) is 6.92 Å². The Morgan fingerprint density at radius 1 is 0.951 bits per heavy atom. The second kappa shape index (κ2) is 11.8. The third-order valence-electron chi connectivity index (χ3n) is 6.87. The molecule has 9 nitrogen and oxygen atoms in total. The van der Waals surface area contributed by atoms with Crippen molar-refractivity contribution in [1.82, 2.24) is 19.9 Å². The smallest absolute Gasteiger partial charge is 0.305 e. The number of fused-ring (bicyclic) bond motifs is 1. The molecule has 5 rings (SSSR count). The number of nitrogens with zero attached hydrogens (tertiary/aromatic N) is 3. The number of benzene rings is 2. The number of nitrogens with one attached hydrogen (secondary N) is 1. The van der Waals surface area contributed by atoms with E-state index in [1.165, 1.54) is 0 Å². The number of carboxylic acid groups (broad SMARTS) is 1. The third kappa shape index (κ3) is 5.69. The van der Waals surface area contributed by atoms with Crippen LogP contribution in [0.4, 0.5) is 0 Å². The molecule has 3 N–H and O–H groups in total. The Kier molecular flexibility index (Phi) is 7.87. The van der Waals surface area contributed by atoms with Crippen LogP contribution in [0.5, 0.6) is 5.75 Å². The molecule has 0 spiro atoms. The predicted molar refractivity (Wildman–Crippen MR) is 156 cm³/mol. The highest BCUT2D eigenvalue weighted by atomic mass is 16.4. The third-order valence-corrected chi connectivity index (χ3v) is 6.87. The Balaban J connectivity index is 1.80. The van der Waals surface area contributed by atoms with Crippen molar-refractivity contribution in [3.8, 4) is 28.1 Å². The van der Waals surface area contributed by atoms with Crippen molar-refractivity contribution in [2.24, 2.45) is 0 Å². The van der Waals surface area contributed by atoms with Crippen molar-refractivity contribution in [1.29, 1.82) is 0 Å². The van der Waals surface area contributed by atoms with Crippen LogP contribution in [0.3, 0.4) is 0 Å². The monoisotopic (exact) mass is 548 g/mol. The molecule has 1 amide bonds. The molecule has 41 heavy (non-hydrogen) atoms. The number of hydrogen-bond acceptors (Lipinski definition) is 6. The molecule has 0 radical (unpaired) electrons. The van der Waals surface area contributed by atoms with Crippen molar-refractivity contribution < 1.29 is 19.8 Å². The normalized spacial score (nSPS) is 11.0. The van der Waals surface area contributed by atoms with E-state index in [0.717, 1.165) is 5.56 Å². The van der Waals surface area contributed by atoms with E-state index in [4.69, 9.17) is 5.11 Å². The maximum absolute atomic E-state index is 14.1. The lowest BCUT2D eigenvalue weighted by Gasteiger charge is -2.19. The zero-order valence-corrected chi connectivity index (χ0v) is 22.4.